The molecule has 0 unspecified atom stereocenters. The monoisotopic (exact) mass is 381 g/mol. The van der Waals surface area contributed by atoms with Crippen molar-refractivity contribution in [2.45, 2.75) is 26.9 Å². The van der Waals surface area contributed by atoms with Gasteiger partial charge < -0.3 is 10.1 Å². The molecule has 2 aromatic rings. The van der Waals surface area contributed by atoms with Crippen molar-refractivity contribution in [1.82, 2.24) is 15.1 Å². The summed E-state index contributed by atoms with van der Waals surface area (Å²) in [5.41, 5.74) is 4.86. The third-order valence-electron chi connectivity index (χ3n) is 5.40. The molecule has 0 radical (unpaired) electrons. The van der Waals surface area contributed by atoms with Gasteiger partial charge in [0.1, 0.15) is 5.75 Å². The third-order valence-corrected chi connectivity index (χ3v) is 5.40. The van der Waals surface area contributed by atoms with Gasteiger partial charge in [0.25, 0.3) is 0 Å². The second-order valence-electron chi connectivity index (χ2n) is 7.57. The van der Waals surface area contributed by atoms with Crippen LogP contribution in [0.1, 0.15) is 22.3 Å². The van der Waals surface area contributed by atoms with Crippen molar-refractivity contribution in [3.05, 3.63) is 64.7 Å². The van der Waals surface area contributed by atoms with Gasteiger partial charge in [-0.3, -0.25) is 14.6 Å². The number of rotatable bonds is 7. The molecular formula is C23H31N3O2. The van der Waals surface area contributed by atoms with Crippen molar-refractivity contribution >= 4 is 5.91 Å². The first kappa shape index (κ1) is 20.4. The predicted molar refractivity (Wildman–Crippen MR) is 112 cm³/mol. The van der Waals surface area contributed by atoms with Crippen LogP contribution in [-0.4, -0.2) is 55.5 Å². The van der Waals surface area contributed by atoms with Crippen LogP contribution in [0.3, 0.4) is 0 Å². The summed E-state index contributed by atoms with van der Waals surface area (Å²) in [4.78, 5) is 17.0. The zero-order chi connectivity index (χ0) is 19.9. The van der Waals surface area contributed by atoms with Crippen LogP contribution in [0.4, 0.5) is 0 Å². The van der Waals surface area contributed by atoms with E-state index in [0.29, 0.717) is 13.1 Å². The Labute approximate surface area is 168 Å². The van der Waals surface area contributed by atoms with Gasteiger partial charge in [0.15, 0.2) is 0 Å². The maximum atomic E-state index is 12.3. The summed E-state index contributed by atoms with van der Waals surface area (Å²) in [6.07, 6.45) is 0. The fraction of sp³-hybridized carbons (Fsp3) is 0.435. The highest BCUT2D eigenvalue weighted by atomic mass is 16.5. The van der Waals surface area contributed by atoms with Crippen molar-refractivity contribution in [2.24, 2.45) is 0 Å². The van der Waals surface area contributed by atoms with Crippen LogP contribution in [0.15, 0.2) is 42.5 Å². The Kier molecular flexibility index (Phi) is 7.06. The Hall–Kier alpha value is -2.37. The van der Waals surface area contributed by atoms with Crippen LogP contribution in [-0.2, 0) is 17.9 Å². The maximum absolute atomic E-state index is 12.3. The molecule has 3 rings (SSSR count). The molecule has 1 N–H and O–H groups in total. The Balaban J connectivity index is 1.43. The van der Waals surface area contributed by atoms with Gasteiger partial charge >= 0.3 is 0 Å². The number of ether oxygens (including phenoxy) is 1. The SMILES string of the molecule is COc1ccc(C)cc1CN1CCN(CC(=O)NCc2ccccc2C)CC1. The summed E-state index contributed by atoms with van der Waals surface area (Å²) in [6.45, 7) is 9.87. The first-order valence-corrected chi connectivity index (χ1v) is 9.94. The molecular weight excluding hydrogens is 350 g/mol. The number of nitrogens with one attached hydrogen (secondary N) is 1. The molecule has 1 aliphatic rings. The zero-order valence-corrected chi connectivity index (χ0v) is 17.2. The Morgan fingerprint density at radius 3 is 2.43 bits per heavy atom. The van der Waals surface area contributed by atoms with Crippen LogP contribution in [0.25, 0.3) is 0 Å². The molecule has 1 aliphatic heterocycles. The van der Waals surface area contributed by atoms with Gasteiger partial charge in [-0.2, -0.15) is 0 Å². The minimum Gasteiger partial charge on any atom is -0.496 e. The maximum Gasteiger partial charge on any atom is 0.234 e. The van der Waals surface area contributed by atoms with Gasteiger partial charge in [-0.15, -0.1) is 0 Å². The largest absolute Gasteiger partial charge is 0.496 e. The molecule has 1 amide bonds. The lowest BCUT2D eigenvalue weighted by atomic mass is 10.1. The highest BCUT2D eigenvalue weighted by Crippen LogP contribution is 2.22. The number of carbonyl (C=O) groups is 1. The van der Waals surface area contributed by atoms with E-state index in [9.17, 15) is 4.79 Å². The average Bonchev–Trinajstić information content (AvgIpc) is 2.69. The number of aryl methyl sites for hydroxylation is 2. The van der Waals surface area contributed by atoms with Crippen LogP contribution in [0, 0.1) is 13.8 Å². The number of methoxy groups -OCH3 is 1. The fourth-order valence-corrected chi connectivity index (χ4v) is 3.64. The van der Waals surface area contributed by atoms with E-state index in [1.54, 1.807) is 7.11 Å². The molecule has 2 aromatic carbocycles. The van der Waals surface area contributed by atoms with E-state index in [1.165, 1.54) is 22.3 Å². The summed E-state index contributed by atoms with van der Waals surface area (Å²) >= 11 is 0. The molecule has 0 saturated carbocycles. The smallest absolute Gasteiger partial charge is 0.234 e. The summed E-state index contributed by atoms with van der Waals surface area (Å²) in [7, 11) is 1.72. The fourth-order valence-electron chi connectivity index (χ4n) is 3.64. The lowest BCUT2D eigenvalue weighted by Crippen LogP contribution is -2.49. The van der Waals surface area contributed by atoms with Gasteiger partial charge in [-0.05, 0) is 31.0 Å². The quantitative estimate of drug-likeness (QED) is 0.801. The molecule has 0 bridgehead atoms. The van der Waals surface area contributed by atoms with Gasteiger partial charge in [-0.25, -0.2) is 0 Å². The molecule has 5 heteroatoms. The number of benzene rings is 2. The molecule has 0 atom stereocenters. The first-order valence-electron chi connectivity index (χ1n) is 9.94. The number of hydrogen-bond acceptors (Lipinski definition) is 4. The molecule has 28 heavy (non-hydrogen) atoms. The van der Waals surface area contributed by atoms with Crippen LogP contribution < -0.4 is 10.1 Å². The first-order chi connectivity index (χ1) is 13.5. The van der Waals surface area contributed by atoms with E-state index in [1.807, 2.05) is 18.2 Å². The summed E-state index contributed by atoms with van der Waals surface area (Å²) in [5, 5.41) is 3.05. The normalized spacial score (nSPS) is 15.4. The van der Waals surface area contributed by atoms with E-state index < -0.39 is 0 Å². The number of nitrogens with zero attached hydrogens (tertiary/aromatic N) is 2. The van der Waals surface area contributed by atoms with Crippen LogP contribution in [0.5, 0.6) is 5.75 Å². The molecule has 150 valence electrons. The van der Waals surface area contributed by atoms with Gasteiger partial charge in [0.05, 0.1) is 13.7 Å². The van der Waals surface area contributed by atoms with Gasteiger partial charge in [0, 0.05) is 44.8 Å². The molecule has 5 nitrogen and oxygen atoms in total. The summed E-state index contributed by atoms with van der Waals surface area (Å²) in [6, 6.07) is 14.5. The topological polar surface area (TPSA) is 44.8 Å². The molecule has 1 fully saturated rings. The molecule has 1 saturated heterocycles. The van der Waals surface area contributed by atoms with Crippen molar-refractivity contribution in [3.63, 3.8) is 0 Å². The van der Waals surface area contributed by atoms with Crippen molar-refractivity contribution < 1.29 is 9.53 Å². The lowest BCUT2D eigenvalue weighted by Gasteiger charge is -2.34. The van der Waals surface area contributed by atoms with Gasteiger partial charge in [-0.1, -0.05) is 42.0 Å². The Bertz CT molecular complexity index is 798. The van der Waals surface area contributed by atoms with E-state index in [0.717, 1.165) is 38.5 Å². The second-order valence-corrected chi connectivity index (χ2v) is 7.57. The molecule has 0 spiro atoms. The van der Waals surface area contributed by atoms with E-state index in [4.69, 9.17) is 4.74 Å². The van der Waals surface area contributed by atoms with E-state index in [2.05, 4.69) is 53.2 Å². The van der Waals surface area contributed by atoms with Crippen molar-refractivity contribution in [1.29, 1.82) is 0 Å². The van der Waals surface area contributed by atoms with E-state index in [-0.39, 0.29) is 5.91 Å². The van der Waals surface area contributed by atoms with E-state index >= 15 is 0 Å². The minimum atomic E-state index is 0.0945. The second kappa shape index (κ2) is 9.71. The van der Waals surface area contributed by atoms with Crippen LogP contribution >= 0.6 is 0 Å². The Morgan fingerprint density at radius 2 is 1.71 bits per heavy atom. The lowest BCUT2D eigenvalue weighted by molar-refractivity contribution is -0.122. The summed E-state index contributed by atoms with van der Waals surface area (Å²) in [5.74, 6) is 1.04. The number of carbonyl (C=O) groups excluding carboxylic acids is 1. The number of amides is 1. The van der Waals surface area contributed by atoms with Crippen molar-refractivity contribution in [2.75, 3.05) is 39.8 Å². The molecule has 0 aromatic heterocycles. The predicted octanol–water partition coefficient (Wildman–Crippen LogP) is 2.75. The Morgan fingerprint density at radius 1 is 1.00 bits per heavy atom. The number of hydrogen-bond donors (Lipinski definition) is 1. The summed E-state index contributed by atoms with van der Waals surface area (Å²) < 4.78 is 5.50. The highest BCUT2D eigenvalue weighted by molar-refractivity contribution is 5.78. The molecule has 0 aliphatic carbocycles. The van der Waals surface area contributed by atoms with Crippen molar-refractivity contribution in [3.8, 4) is 5.75 Å². The van der Waals surface area contributed by atoms with Crippen LogP contribution in [0.2, 0.25) is 0 Å². The zero-order valence-electron chi connectivity index (χ0n) is 17.2. The number of piperazine rings is 1. The third kappa shape index (κ3) is 5.57. The highest BCUT2D eigenvalue weighted by Gasteiger charge is 2.20. The average molecular weight is 382 g/mol. The molecule has 1 heterocycles. The minimum absolute atomic E-state index is 0.0945. The van der Waals surface area contributed by atoms with Gasteiger partial charge in [0.2, 0.25) is 5.91 Å². The standard InChI is InChI=1S/C23H31N3O2/c1-18-8-9-22(28-3)21(14-18)16-25-10-12-26(13-11-25)17-23(27)24-15-20-7-5-4-6-19(20)2/h4-9,14H,10-13,15-17H2,1-3H3,(H,24,27).